The molecule has 0 fully saturated rings. The zero-order chi connectivity index (χ0) is 25.5. The molecular formula is H32NP31. The molecule has 0 heterocycles. The van der Waals surface area contributed by atoms with Crippen LogP contribution in [-0.4, -0.2) is 0 Å². The van der Waals surface area contributed by atoms with E-state index < -0.39 is 0 Å². The molecular weight excluding hydrogens is 974 g/mol. The van der Waals surface area contributed by atoms with E-state index in [0.29, 0.717) is 0 Å². The third kappa shape index (κ3) is 17.4. The highest BCUT2D eigenvalue weighted by Gasteiger charge is 2.41. The molecule has 0 radical (unpaired) electrons. The van der Waals surface area contributed by atoms with E-state index in [9.17, 15) is 0 Å². The number of rotatable bonds is 14. The highest BCUT2D eigenvalue weighted by Crippen LogP contribution is 3.26. The van der Waals surface area contributed by atoms with Gasteiger partial charge in [-0.15, -0.1) is 143 Å². The van der Waals surface area contributed by atoms with Crippen LogP contribution in [-0.2, 0) is 0 Å². The van der Waals surface area contributed by atoms with Gasteiger partial charge in [0.25, 0.3) is 0 Å². The normalized spacial score (nSPS) is 14.3. The lowest BCUT2D eigenvalue weighted by molar-refractivity contribution is 2.09. The first-order valence-electron chi connectivity index (χ1n) is 7.13. The molecule has 1 nitrogen and oxygen atoms in total. The Morgan fingerprint density at radius 2 is 0.562 bits per heavy atom. The maximum absolute atomic E-state index is 5.86. The van der Waals surface area contributed by atoms with Gasteiger partial charge in [0.15, 0.2) is 0 Å². The second-order valence-electron chi connectivity index (χ2n) is 4.83. The van der Waals surface area contributed by atoms with Gasteiger partial charge in [-0.2, -0.15) is 0 Å². The molecule has 0 aliphatic rings. The third-order valence-corrected chi connectivity index (χ3v) is 182. The molecule has 0 spiro atoms. The fourth-order valence-electron chi connectivity index (χ4n) is 1.57. The average Bonchev–Trinajstić information content (AvgIpc) is 2.56. The van der Waals surface area contributed by atoms with Crippen LogP contribution in [0.15, 0.2) is 4.52 Å². The zero-order valence-electron chi connectivity index (χ0n) is 16.4. The molecule has 0 saturated heterocycles. The van der Waals surface area contributed by atoms with Crippen LogP contribution in [0.1, 0.15) is 0 Å². The van der Waals surface area contributed by atoms with Crippen LogP contribution in [0.25, 0.3) is 0 Å². The Hall–Kier alpha value is 13.0. The van der Waals surface area contributed by atoms with Gasteiger partial charge in [-0.3, -0.25) is 0 Å². The predicted octanol–water partition coefficient (Wildman–Crippen LogP) is 18.3. The van der Waals surface area contributed by atoms with Crippen molar-refractivity contribution in [3.8, 4) is 0 Å². The highest BCUT2D eigenvalue weighted by atomic mass is 33.3. The Labute approximate surface area is 250 Å². The monoisotopic (exact) mass is 1010 g/mol. The lowest BCUT2D eigenvalue weighted by atomic mass is 13.9. The summed E-state index contributed by atoms with van der Waals surface area (Å²) in [6.07, 6.45) is 0. The molecule has 16 atom stereocenters. The van der Waals surface area contributed by atoms with E-state index in [1.807, 2.05) is 0 Å². The number of hydrogen-bond donors (Lipinski definition) is 0. The molecule has 0 saturated carbocycles. The van der Waals surface area contributed by atoms with E-state index in [1.165, 1.54) is 8.06 Å². The largest absolute Gasteiger partial charge is 0.229 e. The minimum Gasteiger partial charge on any atom is -0.229 e. The summed E-state index contributed by atoms with van der Waals surface area (Å²) < 4.78 is 5.86. The first-order chi connectivity index (χ1) is 14.6. The lowest BCUT2D eigenvalue weighted by Crippen LogP contribution is -1.57. The van der Waals surface area contributed by atoms with Crippen molar-refractivity contribution < 1.29 is 0 Å². The first kappa shape index (κ1) is 45.0. The summed E-state index contributed by atoms with van der Waals surface area (Å²) >= 11 is 0. The van der Waals surface area contributed by atoms with Gasteiger partial charge in [0.2, 0.25) is 0 Å². The fraction of sp³-hybridized carbons (Fsp3) is 0. The summed E-state index contributed by atoms with van der Waals surface area (Å²) in [4.78, 5) is 0. The highest BCUT2D eigenvalue weighted by molar-refractivity contribution is 9.30. The molecule has 32 heteroatoms. The molecule has 0 amide bonds. The van der Waals surface area contributed by atoms with Crippen molar-refractivity contribution in [2.24, 2.45) is 4.52 Å². The van der Waals surface area contributed by atoms with E-state index in [2.05, 4.69) is 143 Å². The maximum Gasteiger partial charge on any atom is 0.0892 e. The van der Waals surface area contributed by atoms with Crippen LogP contribution in [0.5, 0.6) is 0 Å². The molecule has 16 unspecified atom stereocenters. The maximum atomic E-state index is 5.86. The van der Waals surface area contributed by atoms with Crippen molar-refractivity contribution in [1.29, 1.82) is 0 Å². The second-order valence-corrected chi connectivity index (χ2v) is 124. The predicted molar refractivity (Wildman–Crippen MR) is 262 cm³/mol. The zero-order valence-corrected chi connectivity index (χ0v) is 48.3. The smallest absolute Gasteiger partial charge is 0.0892 e. The van der Waals surface area contributed by atoms with Crippen LogP contribution in [0.3, 0.4) is 0 Å². The van der Waals surface area contributed by atoms with E-state index in [-0.39, 0.29) is 98.3 Å². The van der Waals surface area contributed by atoms with E-state index in [4.69, 9.17) is 4.52 Å². The van der Waals surface area contributed by atoms with Gasteiger partial charge in [0.05, 0.1) is 7.45 Å². The molecule has 0 bridgehead atoms. The summed E-state index contributed by atoms with van der Waals surface area (Å²) in [6.45, 7) is -1.17. The van der Waals surface area contributed by atoms with Gasteiger partial charge >= 0.3 is 0 Å². The Kier molecular flexibility index (Phi) is 35.2. The van der Waals surface area contributed by atoms with Gasteiger partial charge in [0.1, 0.15) is 0 Å². The summed E-state index contributed by atoms with van der Waals surface area (Å²) in [5.41, 5.74) is 0. The molecule has 0 aromatic rings. The molecule has 192 valence electrons. The Morgan fingerprint density at radius 3 is 0.750 bits per heavy atom. The number of hydrogen-bond acceptors (Lipinski definition) is 1. The van der Waals surface area contributed by atoms with Crippen LogP contribution in [0, 0.1) is 0 Å². The summed E-state index contributed by atoms with van der Waals surface area (Å²) in [5, 5.41) is 0. The summed E-state index contributed by atoms with van der Waals surface area (Å²) in [6, 6.07) is 0. The molecule has 32 heavy (non-hydrogen) atoms. The van der Waals surface area contributed by atoms with Crippen molar-refractivity contribution in [2.75, 3.05) is 0 Å². The molecule has 0 aliphatic heterocycles. The van der Waals surface area contributed by atoms with Crippen molar-refractivity contribution in [3.63, 3.8) is 0 Å². The minimum absolute atomic E-state index is 0.0245. The summed E-state index contributed by atoms with van der Waals surface area (Å²) in [5.74, 6) is 0. The van der Waals surface area contributed by atoms with Gasteiger partial charge in [-0.25, -0.2) is 4.52 Å². The van der Waals surface area contributed by atoms with Crippen LogP contribution < -0.4 is 0 Å². The average molecular weight is 1010 g/mol. The molecule has 0 aromatic carbocycles. The van der Waals surface area contributed by atoms with Crippen LogP contribution in [0.4, 0.5) is 0 Å². The van der Waals surface area contributed by atoms with Gasteiger partial charge in [0, 0.05) is 43.0 Å². The Morgan fingerprint density at radius 1 is 0.344 bits per heavy atom. The quantitative estimate of drug-likeness (QED) is 0.154. The van der Waals surface area contributed by atoms with Crippen molar-refractivity contribution in [1.82, 2.24) is 0 Å². The summed E-state index contributed by atoms with van der Waals surface area (Å²) in [7, 11) is 52.3. The van der Waals surface area contributed by atoms with E-state index in [1.54, 1.807) is 0 Å². The molecule has 0 N–H and O–H groups in total. The first-order valence-corrected chi connectivity index (χ1v) is 61.8. The Bertz CT molecular complexity index is 391. The lowest BCUT2D eigenvalue weighted by Gasteiger charge is -2.40. The molecule has 0 rings (SSSR count). The second kappa shape index (κ2) is 25.0. The fourth-order valence-corrected chi connectivity index (χ4v) is 318. The minimum atomic E-state index is -0.302. The SMILES string of the molecule is PP(P)P(P(P)P)P(N=PP(P(P(P)P)P(P)P)P(P(P)P)P(P)P)P(P(P)P)P(P)P. The number of nitrogens with zero attached hydrogens (tertiary/aromatic N) is 1. The third-order valence-electron chi connectivity index (χ3n) is 2.49. The topological polar surface area (TPSA) is 12.4 Å². The van der Waals surface area contributed by atoms with Crippen LogP contribution in [0.2, 0.25) is 0 Å². The van der Waals surface area contributed by atoms with Gasteiger partial charge in [-0.1, -0.05) is 0 Å². The van der Waals surface area contributed by atoms with E-state index >= 15 is 0 Å². The van der Waals surface area contributed by atoms with Crippen LogP contribution >= 0.6 is 249 Å². The van der Waals surface area contributed by atoms with Crippen molar-refractivity contribution in [3.05, 3.63) is 0 Å². The van der Waals surface area contributed by atoms with Gasteiger partial charge in [-0.05, 0) is 55.9 Å². The molecule has 0 aliphatic carbocycles. The van der Waals surface area contributed by atoms with E-state index in [0.717, 1.165) is 0 Å². The Balaban J connectivity index is 6.71. The standard InChI is InChI=1S/H32NP31/c2-20(3)29(21(4)5)19(30(22(6)7)23(8)9)1-18-28(31(24(10)11)25(12)13)32(26(14)15)27(16)17/h2-17H2. The van der Waals surface area contributed by atoms with Crippen molar-refractivity contribution in [2.45, 2.75) is 0 Å². The molecule has 0 aromatic heterocycles. The van der Waals surface area contributed by atoms with Gasteiger partial charge < -0.3 is 0 Å². The van der Waals surface area contributed by atoms with Crippen molar-refractivity contribution >= 4 is 249 Å².